The number of morpholine rings is 1. The van der Waals surface area contributed by atoms with Crippen LogP contribution in [0.15, 0.2) is 0 Å². The largest absolute Gasteiger partial charge is 0.372 e. The minimum Gasteiger partial charge on any atom is -0.372 e. The Morgan fingerprint density at radius 3 is 2.55 bits per heavy atom. The average molecular weight is 198 g/mol. The highest BCUT2D eigenvalue weighted by atomic mass is 35.5. The molecule has 1 rings (SSSR count). The van der Waals surface area contributed by atoms with Gasteiger partial charge in [0.05, 0.1) is 12.7 Å². The molecule has 3 atom stereocenters. The van der Waals surface area contributed by atoms with Gasteiger partial charge in [-0.25, -0.2) is 0 Å². The zero-order chi connectivity index (χ0) is 8.43. The van der Waals surface area contributed by atoms with Crippen molar-refractivity contribution in [2.75, 3.05) is 6.61 Å². The summed E-state index contributed by atoms with van der Waals surface area (Å²) in [4.78, 5) is 0. The van der Waals surface area contributed by atoms with Crippen molar-refractivity contribution in [1.29, 1.82) is 0 Å². The quantitative estimate of drug-likeness (QED) is 0.512. The summed E-state index contributed by atoms with van der Waals surface area (Å²) < 4.78 is 5.44. The molecular weight excluding hydrogens is 185 g/mol. The van der Waals surface area contributed by atoms with Crippen LogP contribution in [-0.4, -0.2) is 23.7 Å². The molecule has 0 aliphatic carbocycles. The Kier molecular flexibility index (Phi) is 3.44. The molecule has 1 aliphatic heterocycles. The molecule has 11 heavy (non-hydrogen) atoms. The molecule has 0 spiro atoms. The SMILES string of the molecule is CC(C)C1OCC(Cl)NC1Cl. The predicted molar refractivity (Wildman–Crippen MR) is 47.0 cm³/mol. The van der Waals surface area contributed by atoms with Gasteiger partial charge in [0, 0.05) is 0 Å². The van der Waals surface area contributed by atoms with Gasteiger partial charge in [-0.3, -0.25) is 5.32 Å². The van der Waals surface area contributed by atoms with E-state index in [2.05, 4.69) is 19.2 Å². The maximum Gasteiger partial charge on any atom is 0.110 e. The molecule has 1 saturated heterocycles. The Morgan fingerprint density at radius 1 is 1.45 bits per heavy atom. The first-order valence-corrected chi connectivity index (χ1v) is 4.64. The van der Waals surface area contributed by atoms with Crippen LogP contribution >= 0.6 is 23.2 Å². The second-order valence-corrected chi connectivity index (χ2v) is 4.07. The molecule has 0 radical (unpaired) electrons. The van der Waals surface area contributed by atoms with E-state index in [1.54, 1.807) is 0 Å². The summed E-state index contributed by atoms with van der Waals surface area (Å²) >= 11 is 11.7. The molecule has 4 heteroatoms. The number of nitrogens with one attached hydrogen (secondary N) is 1. The van der Waals surface area contributed by atoms with E-state index >= 15 is 0 Å². The number of ether oxygens (including phenoxy) is 1. The van der Waals surface area contributed by atoms with Crippen molar-refractivity contribution in [2.24, 2.45) is 5.92 Å². The molecular formula is C7H13Cl2NO. The van der Waals surface area contributed by atoms with E-state index in [1.807, 2.05) is 0 Å². The van der Waals surface area contributed by atoms with Gasteiger partial charge in [-0.1, -0.05) is 13.8 Å². The van der Waals surface area contributed by atoms with E-state index < -0.39 is 0 Å². The van der Waals surface area contributed by atoms with Gasteiger partial charge in [0.25, 0.3) is 0 Å². The van der Waals surface area contributed by atoms with Gasteiger partial charge < -0.3 is 4.74 Å². The summed E-state index contributed by atoms with van der Waals surface area (Å²) in [6, 6.07) is 0. The molecule has 66 valence electrons. The lowest BCUT2D eigenvalue weighted by Gasteiger charge is -2.33. The minimum atomic E-state index is -0.161. The van der Waals surface area contributed by atoms with Crippen LogP contribution in [-0.2, 0) is 4.74 Å². The topological polar surface area (TPSA) is 21.3 Å². The fourth-order valence-corrected chi connectivity index (χ4v) is 1.91. The Labute approximate surface area is 77.2 Å². The van der Waals surface area contributed by atoms with Crippen LogP contribution in [0.3, 0.4) is 0 Å². The zero-order valence-electron chi connectivity index (χ0n) is 6.68. The van der Waals surface area contributed by atoms with Gasteiger partial charge in [-0.05, 0) is 5.92 Å². The van der Waals surface area contributed by atoms with Gasteiger partial charge in [-0.2, -0.15) is 0 Å². The third-order valence-corrected chi connectivity index (χ3v) is 2.35. The number of hydrogen-bond acceptors (Lipinski definition) is 2. The second kappa shape index (κ2) is 3.94. The summed E-state index contributed by atoms with van der Waals surface area (Å²) in [5.41, 5.74) is -0.307. The van der Waals surface area contributed by atoms with E-state index in [4.69, 9.17) is 27.9 Å². The van der Waals surface area contributed by atoms with Crippen molar-refractivity contribution in [3.63, 3.8) is 0 Å². The predicted octanol–water partition coefficient (Wildman–Crippen LogP) is 1.76. The first-order valence-electron chi connectivity index (χ1n) is 3.77. The highest BCUT2D eigenvalue weighted by Crippen LogP contribution is 2.19. The summed E-state index contributed by atoms with van der Waals surface area (Å²) in [7, 11) is 0. The monoisotopic (exact) mass is 197 g/mol. The van der Waals surface area contributed by atoms with Crippen molar-refractivity contribution in [3.8, 4) is 0 Å². The lowest BCUT2D eigenvalue weighted by Crippen LogP contribution is -2.51. The highest BCUT2D eigenvalue weighted by molar-refractivity contribution is 6.23. The molecule has 0 saturated carbocycles. The van der Waals surface area contributed by atoms with Crippen LogP contribution in [0.25, 0.3) is 0 Å². The maximum atomic E-state index is 5.95. The first-order chi connectivity index (χ1) is 5.11. The summed E-state index contributed by atoms with van der Waals surface area (Å²) in [5, 5.41) is 3.02. The number of alkyl halides is 2. The van der Waals surface area contributed by atoms with Crippen LogP contribution in [0.5, 0.6) is 0 Å². The van der Waals surface area contributed by atoms with E-state index in [1.165, 1.54) is 0 Å². The second-order valence-electron chi connectivity index (χ2n) is 3.08. The first kappa shape index (κ1) is 9.59. The molecule has 0 aromatic rings. The Morgan fingerprint density at radius 2 is 2.09 bits per heavy atom. The number of halogens is 2. The average Bonchev–Trinajstić information content (AvgIpc) is 1.85. The summed E-state index contributed by atoms with van der Waals surface area (Å²) in [6.07, 6.45) is 0.0756. The Bertz CT molecular complexity index is 132. The molecule has 1 aliphatic rings. The molecule has 1 fully saturated rings. The normalized spacial score (nSPS) is 39.5. The van der Waals surface area contributed by atoms with Crippen LogP contribution in [0, 0.1) is 5.92 Å². The van der Waals surface area contributed by atoms with Crippen molar-refractivity contribution >= 4 is 23.2 Å². The summed E-state index contributed by atoms with van der Waals surface area (Å²) in [6.45, 7) is 4.69. The van der Waals surface area contributed by atoms with Crippen LogP contribution in [0.4, 0.5) is 0 Å². The van der Waals surface area contributed by atoms with Gasteiger partial charge in [-0.15, -0.1) is 23.2 Å². The van der Waals surface area contributed by atoms with Crippen molar-refractivity contribution in [2.45, 2.75) is 31.0 Å². The molecule has 1 N–H and O–H groups in total. The minimum absolute atomic E-state index is 0.0756. The fraction of sp³-hybridized carbons (Fsp3) is 1.00. The molecule has 3 unspecified atom stereocenters. The molecule has 0 amide bonds. The molecule has 0 aromatic carbocycles. The zero-order valence-corrected chi connectivity index (χ0v) is 8.19. The van der Waals surface area contributed by atoms with Gasteiger partial charge in [0.2, 0.25) is 0 Å². The van der Waals surface area contributed by atoms with Crippen molar-refractivity contribution in [1.82, 2.24) is 5.32 Å². The molecule has 0 bridgehead atoms. The van der Waals surface area contributed by atoms with Crippen LogP contribution in [0.2, 0.25) is 0 Å². The van der Waals surface area contributed by atoms with Crippen LogP contribution < -0.4 is 5.32 Å². The smallest absolute Gasteiger partial charge is 0.110 e. The van der Waals surface area contributed by atoms with E-state index in [-0.39, 0.29) is 17.1 Å². The lowest BCUT2D eigenvalue weighted by atomic mass is 10.1. The third kappa shape index (κ3) is 2.48. The van der Waals surface area contributed by atoms with E-state index in [0.29, 0.717) is 12.5 Å². The summed E-state index contributed by atoms with van der Waals surface area (Å²) in [5.74, 6) is 0.425. The Balaban J connectivity index is 2.44. The Hall–Kier alpha value is 0.500. The van der Waals surface area contributed by atoms with Crippen LogP contribution in [0.1, 0.15) is 13.8 Å². The number of rotatable bonds is 1. The van der Waals surface area contributed by atoms with E-state index in [9.17, 15) is 0 Å². The van der Waals surface area contributed by atoms with Gasteiger partial charge >= 0.3 is 0 Å². The van der Waals surface area contributed by atoms with Crippen molar-refractivity contribution in [3.05, 3.63) is 0 Å². The van der Waals surface area contributed by atoms with Crippen molar-refractivity contribution < 1.29 is 4.74 Å². The maximum absolute atomic E-state index is 5.95. The van der Waals surface area contributed by atoms with E-state index in [0.717, 1.165) is 0 Å². The molecule has 1 heterocycles. The highest BCUT2D eigenvalue weighted by Gasteiger charge is 2.30. The lowest BCUT2D eigenvalue weighted by molar-refractivity contribution is -0.0177. The molecule has 2 nitrogen and oxygen atoms in total. The third-order valence-electron chi connectivity index (χ3n) is 1.72. The standard InChI is InChI=1S/C7H13Cl2NO/c1-4(2)6-7(9)10-5(8)3-11-6/h4-7,10H,3H2,1-2H3. The number of hydrogen-bond donors (Lipinski definition) is 1. The van der Waals surface area contributed by atoms with Gasteiger partial charge in [0.1, 0.15) is 11.0 Å². The molecule has 0 aromatic heterocycles. The fourth-order valence-electron chi connectivity index (χ4n) is 1.13. The van der Waals surface area contributed by atoms with Gasteiger partial charge in [0.15, 0.2) is 0 Å².